The van der Waals surface area contributed by atoms with E-state index in [1.54, 1.807) is 48.5 Å². The molecule has 0 spiro atoms. The summed E-state index contributed by atoms with van der Waals surface area (Å²) in [6, 6.07) is 12.0. The molecule has 2 N–H and O–H groups in total. The van der Waals surface area contributed by atoms with Crippen LogP contribution in [0, 0.1) is 0 Å². The predicted molar refractivity (Wildman–Crippen MR) is 111 cm³/mol. The van der Waals surface area contributed by atoms with Crippen LogP contribution in [0.3, 0.4) is 0 Å². The van der Waals surface area contributed by atoms with Gasteiger partial charge in [0.25, 0.3) is 5.91 Å². The number of ether oxygens (including phenoxy) is 1. The van der Waals surface area contributed by atoms with E-state index in [4.69, 9.17) is 16.3 Å². The lowest BCUT2D eigenvalue weighted by Gasteiger charge is -2.33. The molecule has 2 aromatic carbocycles. The summed E-state index contributed by atoms with van der Waals surface area (Å²) >= 11 is 5.82. The molecule has 4 rings (SSSR count). The highest BCUT2D eigenvalue weighted by atomic mass is 35.5. The minimum Gasteiger partial charge on any atom is -0.497 e. The molecule has 2 atom stereocenters. The molecule has 0 fully saturated rings. The van der Waals surface area contributed by atoms with Gasteiger partial charge in [0.15, 0.2) is 11.7 Å². The summed E-state index contributed by atoms with van der Waals surface area (Å²) in [6.45, 7) is 0. The number of amides is 1. The number of methoxy groups -OCH3 is 1. The van der Waals surface area contributed by atoms with Crippen molar-refractivity contribution in [3.05, 3.63) is 70.9 Å². The fraction of sp³-hybridized carbons (Fsp3) is 0.238. The van der Waals surface area contributed by atoms with Gasteiger partial charge < -0.3 is 15.4 Å². The number of hydrogen-bond acceptors (Lipinski definition) is 4. The van der Waals surface area contributed by atoms with Gasteiger partial charge in [-0.05, 0) is 42.0 Å². The fourth-order valence-electron chi connectivity index (χ4n) is 3.49. The first-order chi connectivity index (χ1) is 14.7. The van der Waals surface area contributed by atoms with Crippen LogP contribution in [-0.4, -0.2) is 29.0 Å². The molecule has 1 amide bonds. The van der Waals surface area contributed by atoms with Crippen molar-refractivity contribution in [2.45, 2.75) is 24.7 Å². The zero-order valence-corrected chi connectivity index (χ0v) is 17.0. The Morgan fingerprint density at radius 3 is 2.65 bits per heavy atom. The fourth-order valence-corrected chi connectivity index (χ4v) is 3.62. The van der Waals surface area contributed by atoms with Gasteiger partial charge in [0.2, 0.25) is 0 Å². The smallest absolute Gasteiger partial charge is 0.410 e. The normalized spacial score (nSPS) is 18.1. The first kappa shape index (κ1) is 21.0. The van der Waals surface area contributed by atoms with Crippen LogP contribution in [0.1, 0.15) is 34.6 Å². The number of nitrogens with zero attached hydrogens (tertiary/aromatic N) is 2. The second kappa shape index (κ2) is 8.14. The van der Waals surface area contributed by atoms with Crippen molar-refractivity contribution in [1.29, 1.82) is 0 Å². The third-order valence-corrected chi connectivity index (χ3v) is 5.27. The molecule has 2 heterocycles. The number of carbonyl (C=O) groups is 1. The highest BCUT2D eigenvalue weighted by Gasteiger charge is 2.46. The number of nitrogens with one attached hydrogen (secondary N) is 2. The summed E-state index contributed by atoms with van der Waals surface area (Å²) in [5.41, 5.74) is 0.973. The molecule has 0 saturated carbocycles. The number of benzene rings is 2. The minimum atomic E-state index is -4.54. The number of halogens is 4. The van der Waals surface area contributed by atoms with Gasteiger partial charge in [-0.1, -0.05) is 23.7 Å². The largest absolute Gasteiger partial charge is 0.497 e. The van der Waals surface area contributed by atoms with Crippen molar-refractivity contribution in [3.8, 4) is 5.75 Å². The van der Waals surface area contributed by atoms with Crippen molar-refractivity contribution >= 4 is 29.0 Å². The standard InChI is InChI=1S/C21H18ClF3N4O2/c1-31-15-4-2-3-12(9-15)16-10-18(21(23,24)25)29-19(27-16)11-17(28-29)20(30)26-14-7-5-13(22)6-8-14/h2-9,11,16,18,27H,10H2,1H3,(H,26,30)/t16-,18-/m0/s1. The number of carbonyl (C=O) groups excluding carboxylic acids is 1. The summed E-state index contributed by atoms with van der Waals surface area (Å²) in [4.78, 5) is 12.6. The van der Waals surface area contributed by atoms with Gasteiger partial charge in [0.05, 0.1) is 13.2 Å². The minimum absolute atomic E-state index is 0.114. The Kier molecular flexibility index (Phi) is 5.53. The second-order valence-electron chi connectivity index (χ2n) is 7.09. The predicted octanol–water partition coefficient (Wildman–Crippen LogP) is 5.46. The Labute approximate surface area is 181 Å². The van der Waals surface area contributed by atoms with E-state index in [-0.39, 0.29) is 17.9 Å². The molecule has 1 aromatic heterocycles. The molecule has 0 aliphatic carbocycles. The van der Waals surface area contributed by atoms with Crippen LogP contribution in [0.15, 0.2) is 54.6 Å². The summed E-state index contributed by atoms with van der Waals surface area (Å²) in [7, 11) is 1.49. The highest BCUT2D eigenvalue weighted by Crippen LogP contribution is 2.44. The van der Waals surface area contributed by atoms with Gasteiger partial charge in [-0.2, -0.15) is 18.3 Å². The lowest BCUT2D eigenvalue weighted by Crippen LogP contribution is -2.35. The first-order valence-electron chi connectivity index (χ1n) is 9.38. The lowest BCUT2D eigenvalue weighted by atomic mass is 9.97. The number of anilines is 2. The Balaban J connectivity index is 1.64. The quantitative estimate of drug-likeness (QED) is 0.554. The summed E-state index contributed by atoms with van der Waals surface area (Å²) < 4.78 is 47.5. The van der Waals surface area contributed by atoms with E-state index < -0.39 is 24.2 Å². The monoisotopic (exact) mass is 450 g/mol. The van der Waals surface area contributed by atoms with Crippen molar-refractivity contribution in [1.82, 2.24) is 9.78 Å². The van der Waals surface area contributed by atoms with Crippen molar-refractivity contribution in [3.63, 3.8) is 0 Å². The number of aromatic nitrogens is 2. The molecule has 0 saturated heterocycles. The maximum atomic E-state index is 13.8. The average molecular weight is 451 g/mol. The van der Waals surface area contributed by atoms with E-state index >= 15 is 0 Å². The van der Waals surface area contributed by atoms with Crippen LogP contribution in [0.25, 0.3) is 0 Å². The summed E-state index contributed by atoms with van der Waals surface area (Å²) in [5, 5.41) is 10.1. The maximum absolute atomic E-state index is 13.8. The summed E-state index contributed by atoms with van der Waals surface area (Å²) in [5.74, 6) is 0.0394. The van der Waals surface area contributed by atoms with Gasteiger partial charge in [-0.15, -0.1) is 0 Å². The molecule has 0 unspecified atom stereocenters. The van der Waals surface area contributed by atoms with Gasteiger partial charge in [0.1, 0.15) is 11.6 Å². The van der Waals surface area contributed by atoms with Crippen LogP contribution in [-0.2, 0) is 0 Å². The topological polar surface area (TPSA) is 68.2 Å². The molecular formula is C21H18ClF3N4O2. The van der Waals surface area contributed by atoms with Gasteiger partial charge >= 0.3 is 6.18 Å². The molecule has 10 heteroatoms. The maximum Gasteiger partial charge on any atom is 0.410 e. The zero-order chi connectivity index (χ0) is 22.2. The van der Waals surface area contributed by atoms with Crippen molar-refractivity contribution in [2.75, 3.05) is 17.7 Å². The molecule has 6 nitrogen and oxygen atoms in total. The number of hydrogen-bond donors (Lipinski definition) is 2. The number of rotatable bonds is 4. The van der Waals surface area contributed by atoms with E-state index in [0.717, 1.165) is 4.68 Å². The van der Waals surface area contributed by atoms with Crippen molar-refractivity contribution in [2.24, 2.45) is 0 Å². The van der Waals surface area contributed by atoms with Crippen LogP contribution in [0.2, 0.25) is 5.02 Å². The Morgan fingerprint density at radius 1 is 1.23 bits per heavy atom. The molecule has 0 radical (unpaired) electrons. The van der Waals surface area contributed by atoms with Crippen LogP contribution in [0.4, 0.5) is 24.7 Å². The third-order valence-electron chi connectivity index (χ3n) is 5.02. The van der Waals surface area contributed by atoms with E-state index in [1.165, 1.54) is 13.2 Å². The molecular weight excluding hydrogens is 433 g/mol. The third kappa shape index (κ3) is 4.46. The van der Waals surface area contributed by atoms with Crippen LogP contribution in [0.5, 0.6) is 5.75 Å². The lowest BCUT2D eigenvalue weighted by molar-refractivity contribution is -0.173. The SMILES string of the molecule is COc1cccc([C@@H]2C[C@@H](C(F)(F)F)n3nc(C(=O)Nc4ccc(Cl)cc4)cc3N2)c1. The number of alkyl halides is 3. The second-order valence-corrected chi connectivity index (χ2v) is 7.52. The Morgan fingerprint density at radius 2 is 1.97 bits per heavy atom. The van der Waals surface area contributed by atoms with E-state index in [9.17, 15) is 18.0 Å². The van der Waals surface area contributed by atoms with Gasteiger partial charge in [0, 0.05) is 23.2 Å². The molecule has 31 heavy (non-hydrogen) atoms. The Bertz CT molecular complexity index is 1100. The molecule has 1 aliphatic rings. The van der Waals surface area contributed by atoms with E-state index in [1.807, 2.05) is 0 Å². The zero-order valence-electron chi connectivity index (χ0n) is 16.3. The van der Waals surface area contributed by atoms with Crippen LogP contribution >= 0.6 is 11.6 Å². The average Bonchev–Trinajstić information content (AvgIpc) is 3.18. The van der Waals surface area contributed by atoms with Gasteiger partial charge in [-0.3, -0.25) is 4.79 Å². The summed E-state index contributed by atoms with van der Waals surface area (Å²) in [6.07, 6.45) is -4.81. The Hall–Kier alpha value is -3.20. The molecule has 162 valence electrons. The molecule has 3 aromatic rings. The first-order valence-corrected chi connectivity index (χ1v) is 9.76. The highest BCUT2D eigenvalue weighted by molar-refractivity contribution is 6.30. The van der Waals surface area contributed by atoms with Crippen molar-refractivity contribution < 1.29 is 22.7 Å². The van der Waals surface area contributed by atoms with E-state index in [2.05, 4.69) is 15.7 Å². The number of fused-ring (bicyclic) bond motifs is 1. The van der Waals surface area contributed by atoms with Gasteiger partial charge in [-0.25, -0.2) is 4.68 Å². The molecule has 1 aliphatic heterocycles. The van der Waals surface area contributed by atoms with E-state index in [0.29, 0.717) is 22.0 Å². The molecule has 0 bridgehead atoms. The van der Waals surface area contributed by atoms with Crippen LogP contribution < -0.4 is 15.4 Å².